The molecule has 0 saturated carbocycles. The first-order valence-corrected chi connectivity index (χ1v) is 16.7. The maximum atomic E-state index is 12.4. The van der Waals surface area contributed by atoms with Crippen LogP contribution >= 0.6 is 11.6 Å². The molecule has 0 saturated heterocycles. The molecule has 4 aromatic carbocycles. The van der Waals surface area contributed by atoms with E-state index in [1.807, 2.05) is 0 Å². The van der Waals surface area contributed by atoms with Crippen molar-refractivity contribution in [3.8, 4) is 5.75 Å². The largest absolute Gasteiger partial charge is 0.505 e. The van der Waals surface area contributed by atoms with Crippen LogP contribution in [0.25, 0.3) is 21.5 Å². The molecule has 5 aromatic rings. The lowest BCUT2D eigenvalue weighted by molar-refractivity contribution is 0.481. The quantitative estimate of drug-likeness (QED) is 0.0715. The summed E-state index contributed by atoms with van der Waals surface area (Å²) in [5, 5.41) is 23.0. The number of halogens is 1. The molecule has 240 valence electrons. The topological polar surface area (TPSA) is 234 Å². The zero-order valence-electron chi connectivity index (χ0n) is 24.2. The predicted molar refractivity (Wildman–Crippen MR) is 173 cm³/mol. The first-order valence-electron chi connectivity index (χ1n) is 13.5. The van der Waals surface area contributed by atoms with Crippen LogP contribution in [-0.2, 0) is 20.2 Å². The number of aromatic hydroxyl groups is 1. The van der Waals surface area contributed by atoms with Crippen LogP contribution < -0.4 is 16.0 Å². The molecule has 1 heterocycles. The summed E-state index contributed by atoms with van der Waals surface area (Å²) in [6.07, 6.45) is 0.714. The van der Waals surface area contributed by atoms with Gasteiger partial charge < -0.3 is 21.1 Å². The third-order valence-electron chi connectivity index (χ3n) is 6.95. The van der Waals surface area contributed by atoms with Crippen LogP contribution in [0.3, 0.4) is 0 Å². The highest BCUT2D eigenvalue weighted by Gasteiger charge is 2.24. The molecule has 0 unspecified atom stereocenters. The highest BCUT2D eigenvalue weighted by atomic mass is 35.5. The van der Waals surface area contributed by atoms with Crippen molar-refractivity contribution in [1.29, 1.82) is 0 Å². The van der Waals surface area contributed by atoms with E-state index in [0.717, 1.165) is 12.1 Å². The number of phenols is 1. The number of hydrogen-bond acceptors (Lipinski definition) is 13. The van der Waals surface area contributed by atoms with E-state index in [1.165, 1.54) is 18.2 Å². The molecule has 0 spiro atoms. The molecular formula is C28H27ClN8O7S2. The van der Waals surface area contributed by atoms with Gasteiger partial charge in [-0.05, 0) is 78.8 Å². The highest BCUT2D eigenvalue weighted by Crippen LogP contribution is 2.42. The Morgan fingerprint density at radius 2 is 1.67 bits per heavy atom. The number of nitrogens with zero attached hydrogens (tertiary/aromatic N) is 6. The fourth-order valence-electron chi connectivity index (χ4n) is 4.79. The van der Waals surface area contributed by atoms with Crippen molar-refractivity contribution in [3.05, 3.63) is 65.4 Å². The zero-order chi connectivity index (χ0) is 33.4. The second-order valence-corrected chi connectivity index (χ2v) is 13.2. The van der Waals surface area contributed by atoms with Crippen molar-refractivity contribution in [2.24, 2.45) is 16.0 Å². The van der Waals surface area contributed by atoms with E-state index in [0.29, 0.717) is 47.5 Å². The van der Waals surface area contributed by atoms with Gasteiger partial charge in [0.05, 0.1) is 0 Å². The Kier molecular flexibility index (Phi) is 9.07. The van der Waals surface area contributed by atoms with Crippen LogP contribution in [-0.4, -0.2) is 66.1 Å². The van der Waals surface area contributed by atoms with Crippen molar-refractivity contribution in [2.75, 3.05) is 30.4 Å². The maximum absolute atomic E-state index is 12.4. The molecule has 6 N–H and O–H groups in total. The number of fused-ring (bicyclic) bond motifs is 2. The van der Waals surface area contributed by atoms with Gasteiger partial charge in [0.25, 0.3) is 20.2 Å². The Labute approximate surface area is 268 Å². The van der Waals surface area contributed by atoms with Crippen molar-refractivity contribution in [3.63, 3.8) is 0 Å². The molecule has 0 aliphatic heterocycles. The lowest BCUT2D eigenvalue weighted by atomic mass is 10.0. The smallest absolute Gasteiger partial charge is 0.297 e. The van der Waals surface area contributed by atoms with Crippen LogP contribution in [0.15, 0.2) is 74.6 Å². The average Bonchev–Trinajstić information content (AvgIpc) is 2.98. The van der Waals surface area contributed by atoms with E-state index in [-0.39, 0.29) is 39.1 Å². The summed E-state index contributed by atoms with van der Waals surface area (Å²) in [6, 6.07) is 12.8. The molecule has 0 aliphatic carbocycles. The minimum Gasteiger partial charge on any atom is -0.505 e. The number of rotatable bonds is 10. The van der Waals surface area contributed by atoms with Crippen molar-refractivity contribution < 1.29 is 31.0 Å². The standard InChI is InChI=1S/C28H27ClN8O7S2/c1-15-13-16-14-17(37(2)28-33-26(29)32-27(34-28)31-12-4-11-30)7-8-18(16)24(38)23(15)36-35-21-10-9-19-20(25(21)46(42,43)44)5-3-6-22(19)45(39,40)41/h3,5-10,13-14,38H,4,11-12,30H2,1-2H3,(H,39,40,41)(H,42,43,44)(H,31,32,33,34). The molecule has 5 rings (SSSR count). The van der Waals surface area contributed by atoms with E-state index < -0.39 is 30.0 Å². The number of anilines is 3. The summed E-state index contributed by atoms with van der Waals surface area (Å²) in [6.45, 7) is 2.72. The lowest BCUT2D eigenvalue weighted by Gasteiger charge is -2.19. The number of aryl methyl sites for hydroxylation is 1. The number of azo groups is 1. The molecule has 15 nitrogen and oxygen atoms in total. The average molecular weight is 687 g/mol. The number of phenolic OH excluding ortho intramolecular Hbond substituents is 1. The summed E-state index contributed by atoms with van der Waals surface area (Å²) in [7, 11) is -7.93. The van der Waals surface area contributed by atoms with Gasteiger partial charge in [-0.2, -0.15) is 31.8 Å². The van der Waals surface area contributed by atoms with Gasteiger partial charge >= 0.3 is 0 Å². The summed E-state index contributed by atoms with van der Waals surface area (Å²) in [5.74, 6) is 0.321. The van der Waals surface area contributed by atoms with E-state index in [1.54, 1.807) is 43.1 Å². The first kappa shape index (κ1) is 32.9. The molecule has 0 amide bonds. The van der Waals surface area contributed by atoms with Crippen LogP contribution in [0, 0.1) is 6.92 Å². The second-order valence-electron chi connectivity index (χ2n) is 10.1. The van der Waals surface area contributed by atoms with Gasteiger partial charge in [-0.15, -0.1) is 10.2 Å². The van der Waals surface area contributed by atoms with Gasteiger partial charge in [-0.3, -0.25) is 9.11 Å². The Morgan fingerprint density at radius 3 is 2.37 bits per heavy atom. The number of nitrogens with two attached hydrogens (primary N) is 1. The van der Waals surface area contributed by atoms with Gasteiger partial charge in [0.15, 0.2) is 5.75 Å². The highest BCUT2D eigenvalue weighted by molar-refractivity contribution is 7.86. The van der Waals surface area contributed by atoms with Crippen LogP contribution in [0.2, 0.25) is 5.28 Å². The third kappa shape index (κ3) is 6.69. The van der Waals surface area contributed by atoms with E-state index >= 15 is 0 Å². The molecule has 0 atom stereocenters. The Balaban J connectivity index is 1.53. The van der Waals surface area contributed by atoms with Gasteiger partial charge in [0.2, 0.25) is 17.2 Å². The maximum Gasteiger partial charge on any atom is 0.297 e. The van der Waals surface area contributed by atoms with Crippen molar-refractivity contribution in [2.45, 2.75) is 23.1 Å². The number of aromatic nitrogens is 3. The zero-order valence-corrected chi connectivity index (χ0v) is 26.6. The summed E-state index contributed by atoms with van der Waals surface area (Å²) in [5.41, 5.74) is 6.38. The molecule has 0 bridgehead atoms. The Morgan fingerprint density at radius 1 is 0.935 bits per heavy atom. The van der Waals surface area contributed by atoms with Gasteiger partial charge in [0.1, 0.15) is 21.2 Å². The van der Waals surface area contributed by atoms with Crippen LogP contribution in [0.4, 0.5) is 29.0 Å². The fraction of sp³-hybridized carbons (Fsp3) is 0.179. The number of benzene rings is 4. The normalized spacial score (nSPS) is 12.3. The lowest BCUT2D eigenvalue weighted by Crippen LogP contribution is -2.16. The number of hydrogen-bond donors (Lipinski definition) is 5. The predicted octanol–water partition coefficient (Wildman–Crippen LogP) is 5.28. The molecular weight excluding hydrogens is 660 g/mol. The Bertz CT molecular complexity index is 2250. The fourth-order valence-corrected chi connectivity index (χ4v) is 6.48. The van der Waals surface area contributed by atoms with Gasteiger partial charge in [0, 0.05) is 35.4 Å². The molecule has 0 fully saturated rings. The van der Waals surface area contributed by atoms with Crippen molar-refractivity contribution in [1.82, 2.24) is 15.0 Å². The molecule has 1 aromatic heterocycles. The molecule has 0 aliphatic rings. The minimum absolute atomic E-state index is 0.00109. The van der Waals surface area contributed by atoms with Crippen LogP contribution in [0.1, 0.15) is 12.0 Å². The first-order chi connectivity index (χ1) is 21.7. The van der Waals surface area contributed by atoms with Gasteiger partial charge in [-0.25, -0.2) is 0 Å². The van der Waals surface area contributed by atoms with Crippen LogP contribution in [0.5, 0.6) is 5.75 Å². The molecule has 46 heavy (non-hydrogen) atoms. The van der Waals surface area contributed by atoms with E-state index in [9.17, 15) is 31.0 Å². The Hall–Kier alpha value is -4.52. The summed E-state index contributed by atoms with van der Waals surface area (Å²) in [4.78, 5) is 13.1. The van der Waals surface area contributed by atoms with E-state index in [4.69, 9.17) is 17.3 Å². The van der Waals surface area contributed by atoms with Gasteiger partial charge in [-0.1, -0.05) is 18.2 Å². The second kappa shape index (κ2) is 12.7. The molecule has 0 radical (unpaired) electrons. The summed E-state index contributed by atoms with van der Waals surface area (Å²) < 4.78 is 68.1. The minimum atomic E-state index is -4.96. The number of nitrogens with one attached hydrogen (secondary N) is 1. The summed E-state index contributed by atoms with van der Waals surface area (Å²) >= 11 is 6.12. The molecule has 18 heteroatoms. The monoisotopic (exact) mass is 686 g/mol. The third-order valence-corrected chi connectivity index (χ3v) is 8.98. The van der Waals surface area contributed by atoms with Crippen molar-refractivity contribution >= 4 is 82.3 Å². The SMILES string of the molecule is Cc1cc2cc(N(C)c3nc(Cl)nc(NCCCN)n3)ccc2c(O)c1N=Nc1ccc2c(S(=O)(=O)O)cccc2c1S(=O)(=O)O. The van der Waals surface area contributed by atoms with E-state index in [2.05, 4.69) is 30.5 Å².